The van der Waals surface area contributed by atoms with Crippen LogP contribution >= 0.6 is 0 Å². The molecule has 1 atom stereocenters. The van der Waals surface area contributed by atoms with Gasteiger partial charge in [0.15, 0.2) is 0 Å². The quantitative estimate of drug-likeness (QED) is 0.608. The third kappa shape index (κ3) is 7.34. The van der Waals surface area contributed by atoms with E-state index in [0.29, 0.717) is 0 Å². The highest BCUT2D eigenvalue weighted by molar-refractivity contribution is 4.67. The summed E-state index contributed by atoms with van der Waals surface area (Å²) in [6.07, 6.45) is 8.09. The van der Waals surface area contributed by atoms with Gasteiger partial charge in [0.1, 0.15) is 0 Å². The smallest absolute Gasteiger partial charge is 0.0490 e. The van der Waals surface area contributed by atoms with Gasteiger partial charge in [-0.15, -0.1) is 0 Å². The zero-order valence-electron chi connectivity index (χ0n) is 12.4. The van der Waals surface area contributed by atoms with E-state index in [1.54, 1.807) is 0 Å². The monoisotopic (exact) mass is 256 g/mol. The number of nitrogens with zero attached hydrogens (tertiary/aromatic N) is 1. The molecule has 0 bridgehead atoms. The van der Waals surface area contributed by atoms with Gasteiger partial charge in [-0.05, 0) is 31.7 Å². The minimum atomic E-state index is 0.791. The highest BCUT2D eigenvalue weighted by Gasteiger charge is 2.09. The van der Waals surface area contributed by atoms with E-state index < -0.39 is 0 Å². The van der Waals surface area contributed by atoms with Crippen LogP contribution in [0.4, 0.5) is 0 Å². The lowest BCUT2D eigenvalue weighted by Crippen LogP contribution is -2.43. The molecule has 108 valence electrons. The fourth-order valence-electron chi connectivity index (χ4n) is 2.83. The van der Waals surface area contributed by atoms with Crippen LogP contribution in [0.3, 0.4) is 0 Å². The summed E-state index contributed by atoms with van der Waals surface area (Å²) in [5.41, 5.74) is 0. The van der Waals surface area contributed by atoms with Crippen LogP contribution in [0, 0.1) is 5.92 Å². The molecule has 1 aliphatic rings. The Morgan fingerprint density at radius 3 is 2.56 bits per heavy atom. The van der Waals surface area contributed by atoms with Crippen molar-refractivity contribution in [2.75, 3.05) is 46.4 Å². The summed E-state index contributed by atoms with van der Waals surface area (Å²) in [5.74, 6) is 0.791. The fraction of sp³-hybridized carbons (Fsp3) is 1.00. The second-order valence-corrected chi connectivity index (χ2v) is 5.55. The Morgan fingerprint density at radius 2 is 1.89 bits per heavy atom. The van der Waals surface area contributed by atoms with Gasteiger partial charge in [-0.1, -0.05) is 26.2 Å². The van der Waals surface area contributed by atoms with Gasteiger partial charge in [0.2, 0.25) is 0 Å². The summed E-state index contributed by atoms with van der Waals surface area (Å²) < 4.78 is 5.29. The van der Waals surface area contributed by atoms with Crippen molar-refractivity contribution in [3.8, 4) is 0 Å². The van der Waals surface area contributed by atoms with Gasteiger partial charge in [0.25, 0.3) is 0 Å². The normalized spacial score (nSPS) is 19.0. The maximum atomic E-state index is 5.29. The molecule has 1 rings (SSSR count). The summed E-state index contributed by atoms with van der Waals surface area (Å²) in [5, 5.41) is 3.40. The van der Waals surface area contributed by atoms with Crippen LogP contribution in [0.15, 0.2) is 0 Å². The van der Waals surface area contributed by atoms with E-state index in [1.807, 2.05) is 7.11 Å². The predicted octanol–water partition coefficient (Wildman–Crippen LogP) is 2.51. The first-order valence-electron chi connectivity index (χ1n) is 7.78. The highest BCUT2D eigenvalue weighted by atomic mass is 16.5. The summed E-state index contributed by atoms with van der Waals surface area (Å²) in [4.78, 5) is 2.59. The van der Waals surface area contributed by atoms with Crippen LogP contribution in [-0.4, -0.2) is 51.3 Å². The van der Waals surface area contributed by atoms with Gasteiger partial charge in [-0.2, -0.15) is 0 Å². The SMILES string of the molecule is CCC[C@H](CCCCCN1CCNCC1)COC. The molecule has 1 aliphatic heterocycles. The van der Waals surface area contributed by atoms with E-state index in [-0.39, 0.29) is 0 Å². The van der Waals surface area contributed by atoms with Gasteiger partial charge in [-0.25, -0.2) is 0 Å². The Hall–Kier alpha value is -0.120. The maximum Gasteiger partial charge on any atom is 0.0490 e. The average molecular weight is 256 g/mol. The summed E-state index contributed by atoms with van der Waals surface area (Å²) in [6, 6.07) is 0. The van der Waals surface area contributed by atoms with Crippen molar-refractivity contribution >= 4 is 0 Å². The molecular formula is C15H32N2O. The largest absolute Gasteiger partial charge is 0.384 e. The van der Waals surface area contributed by atoms with Crippen molar-refractivity contribution < 1.29 is 4.74 Å². The third-order valence-electron chi connectivity index (χ3n) is 3.90. The number of hydrogen-bond acceptors (Lipinski definition) is 3. The molecule has 0 aromatic carbocycles. The van der Waals surface area contributed by atoms with Gasteiger partial charge in [0.05, 0.1) is 0 Å². The molecule has 0 radical (unpaired) electrons. The number of methoxy groups -OCH3 is 1. The van der Waals surface area contributed by atoms with E-state index in [0.717, 1.165) is 12.5 Å². The Bertz CT molecular complexity index is 175. The second kappa shape index (κ2) is 10.8. The van der Waals surface area contributed by atoms with Crippen LogP contribution in [0.5, 0.6) is 0 Å². The molecule has 1 saturated heterocycles. The molecule has 0 amide bonds. The number of hydrogen-bond donors (Lipinski definition) is 1. The maximum absolute atomic E-state index is 5.29. The molecule has 18 heavy (non-hydrogen) atoms. The topological polar surface area (TPSA) is 24.5 Å². The second-order valence-electron chi connectivity index (χ2n) is 5.55. The average Bonchev–Trinajstić information content (AvgIpc) is 2.40. The number of piperazine rings is 1. The van der Waals surface area contributed by atoms with Crippen molar-refractivity contribution in [1.82, 2.24) is 10.2 Å². The van der Waals surface area contributed by atoms with E-state index >= 15 is 0 Å². The number of rotatable bonds is 10. The Labute approximate surface area is 113 Å². The lowest BCUT2D eigenvalue weighted by atomic mass is 9.97. The lowest BCUT2D eigenvalue weighted by molar-refractivity contribution is 0.140. The fourth-order valence-corrected chi connectivity index (χ4v) is 2.83. The Balaban J connectivity index is 1.95. The number of ether oxygens (including phenoxy) is 1. The summed E-state index contributed by atoms with van der Waals surface area (Å²) in [6.45, 7) is 9.34. The molecule has 0 saturated carbocycles. The van der Waals surface area contributed by atoms with Gasteiger partial charge < -0.3 is 15.0 Å². The minimum Gasteiger partial charge on any atom is -0.384 e. The van der Waals surface area contributed by atoms with Crippen LogP contribution in [-0.2, 0) is 4.74 Å². The van der Waals surface area contributed by atoms with E-state index in [9.17, 15) is 0 Å². The molecule has 0 aromatic rings. The molecule has 0 aromatic heterocycles. The molecule has 3 heteroatoms. The van der Waals surface area contributed by atoms with Gasteiger partial charge in [0, 0.05) is 39.9 Å². The molecule has 1 heterocycles. The Morgan fingerprint density at radius 1 is 1.11 bits per heavy atom. The first-order valence-corrected chi connectivity index (χ1v) is 7.78. The third-order valence-corrected chi connectivity index (χ3v) is 3.90. The van der Waals surface area contributed by atoms with Crippen LogP contribution < -0.4 is 5.32 Å². The van der Waals surface area contributed by atoms with Crippen molar-refractivity contribution in [2.24, 2.45) is 5.92 Å². The van der Waals surface area contributed by atoms with Crippen molar-refractivity contribution in [3.05, 3.63) is 0 Å². The molecule has 0 aliphatic carbocycles. The van der Waals surface area contributed by atoms with Crippen LogP contribution in [0.2, 0.25) is 0 Å². The van der Waals surface area contributed by atoms with Crippen molar-refractivity contribution in [3.63, 3.8) is 0 Å². The van der Waals surface area contributed by atoms with Crippen LogP contribution in [0.1, 0.15) is 45.4 Å². The van der Waals surface area contributed by atoms with Crippen molar-refractivity contribution in [2.45, 2.75) is 45.4 Å². The standard InChI is InChI=1S/C15H32N2O/c1-3-7-15(14-18-2)8-5-4-6-11-17-12-9-16-10-13-17/h15-16H,3-14H2,1-2H3/t15-/m1/s1. The molecule has 0 unspecified atom stereocenters. The molecule has 1 fully saturated rings. The first-order chi connectivity index (χ1) is 8.86. The molecule has 0 spiro atoms. The minimum absolute atomic E-state index is 0.791. The van der Waals surface area contributed by atoms with Gasteiger partial charge >= 0.3 is 0 Å². The number of nitrogens with one attached hydrogen (secondary N) is 1. The lowest BCUT2D eigenvalue weighted by Gasteiger charge is -2.27. The number of unbranched alkanes of at least 4 members (excludes halogenated alkanes) is 2. The summed E-state index contributed by atoms with van der Waals surface area (Å²) >= 11 is 0. The van der Waals surface area contributed by atoms with E-state index in [1.165, 1.54) is 71.2 Å². The van der Waals surface area contributed by atoms with Crippen molar-refractivity contribution in [1.29, 1.82) is 0 Å². The zero-order chi connectivity index (χ0) is 13.1. The molecular weight excluding hydrogens is 224 g/mol. The first kappa shape index (κ1) is 15.9. The van der Waals surface area contributed by atoms with Gasteiger partial charge in [-0.3, -0.25) is 0 Å². The molecule has 3 nitrogen and oxygen atoms in total. The molecule has 1 N–H and O–H groups in total. The van der Waals surface area contributed by atoms with E-state index in [2.05, 4.69) is 17.1 Å². The van der Waals surface area contributed by atoms with E-state index in [4.69, 9.17) is 4.74 Å². The zero-order valence-corrected chi connectivity index (χ0v) is 12.4. The summed E-state index contributed by atoms with van der Waals surface area (Å²) in [7, 11) is 1.83. The highest BCUT2D eigenvalue weighted by Crippen LogP contribution is 2.16. The van der Waals surface area contributed by atoms with Crippen LogP contribution in [0.25, 0.3) is 0 Å². The predicted molar refractivity (Wildman–Crippen MR) is 78.1 cm³/mol. The Kier molecular flexibility index (Phi) is 9.54.